The lowest BCUT2D eigenvalue weighted by atomic mass is 10.0. The van der Waals surface area contributed by atoms with Crippen LogP contribution in [-0.2, 0) is 4.79 Å². The highest BCUT2D eigenvalue weighted by molar-refractivity contribution is 5.64. The summed E-state index contributed by atoms with van der Waals surface area (Å²) >= 11 is 0. The molecule has 56 valence electrons. The van der Waals surface area contributed by atoms with Crippen molar-refractivity contribution in [3.05, 3.63) is 24.3 Å². The molecule has 0 amide bonds. The van der Waals surface area contributed by atoms with Gasteiger partial charge in [-0.25, -0.2) is 0 Å². The first-order chi connectivity index (χ1) is 4.68. The number of hydrogen-bond acceptors (Lipinski definition) is 1. The molecule has 0 bridgehead atoms. The Hall–Kier alpha value is -0.850. The van der Waals surface area contributed by atoms with Crippen molar-refractivity contribution in [2.24, 2.45) is 5.92 Å². The van der Waals surface area contributed by atoms with Crippen molar-refractivity contribution in [2.75, 3.05) is 0 Å². The quantitative estimate of drug-likeness (QED) is 0.331. The zero-order chi connectivity index (χ0) is 7.98. The summed E-state index contributed by atoms with van der Waals surface area (Å²) in [5.74, 6) is 0.510. The molecule has 0 unspecified atom stereocenters. The maximum atomic E-state index is 9.84. The van der Waals surface area contributed by atoms with Gasteiger partial charge in [0.05, 0.1) is 0 Å². The first-order valence-corrected chi connectivity index (χ1v) is 3.46. The van der Waals surface area contributed by atoms with Crippen molar-refractivity contribution >= 4 is 6.29 Å². The van der Waals surface area contributed by atoms with Gasteiger partial charge < -0.3 is 0 Å². The van der Waals surface area contributed by atoms with Crippen LogP contribution < -0.4 is 0 Å². The van der Waals surface area contributed by atoms with E-state index in [0.717, 1.165) is 18.3 Å². The molecular weight excluding hydrogens is 124 g/mol. The van der Waals surface area contributed by atoms with E-state index in [2.05, 4.69) is 20.4 Å². The van der Waals surface area contributed by atoms with Gasteiger partial charge in [0.15, 0.2) is 0 Å². The fourth-order valence-corrected chi connectivity index (χ4v) is 0.511. The molecule has 0 aromatic heterocycles. The van der Waals surface area contributed by atoms with Crippen molar-refractivity contribution < 1.29 is 4.79 Å². The Morgan fingerprint density at radius 2 is 2.20 bits per heavy atom. The molecule has 0 aliphatic carbocycles. The molecule has 0 radical (unpaired) electrons. The second-order valence-corrected chi connectivity index (χ2v) is 2.58. The summed E-state index contributed by atoms with van der Waals surface area (Å²) in [5.41, 5.74) is 1.16. The van der Waals surface area contributed by atoms with E-state index in [1.807, 2.05) is 6.08 Å². The van der Waals surface area contributed by atoms with E-state index < -0.39 is 0 Å². The van der Waals surface area contributed by atoms with Gasteiger partial charge in [-0.05, 0) is 18.4 Å². The molecule has 0 aliphatic heterocycles. The Balaban J connectivity index is 3.59. The van der Waals surface area contributed by atoms with Crippen LogP contribution in [0.4, 0.5) is 0 Å². The number of hydrogen-bond donors (Lipinski definition) is 0. The minimum Gasteiger partial charge on any atom is -0.299 e. The third-order valence-electron chi connectivity index (χ3n) is 1.41. The van der Waals surface area contributed by atoms with Crippen molar-refractivity contribution in [1.82, 2.24) is 0 Å². The largest absolute Gasteiger partial charge is 0.299 e. The Morgan fingerprint density at radius 1 is 1.60 bits per heavy atom. The van der Waals surface area contributed by atoms with E-state index in [9.17, 15) is 4.79 Å². The molecule has 0 heterocycles. The van der Waals surface area contributed by atoms with Crippen molar-refractivity contribution in [3.63, 3.8) is 0 Å². The molecule has 0 saturated heterocycles. The minimum atomic E-state index is 0.510. The number of rotatable bonds is 4. The Bertz CT molecular complexity index is 143. The lowest BCUT2D eigenvalue weighted by molar-refractivity contribution is -0.104. The zero-order valence-corrected chi connectivity index (χ0v) is 6.63. The Kier molecular flexibility index (Phi) is 4.55. The summed E-state index contributed by atoms with van der Waals surface area (Å²) in [4.78, 5) is 9.84. The van der Waals surface area contributed by atoms with Crippen LogP contribution >= 0.6 is 0 Å². The van der Waals surface area contributed by atoms with Gasteiger partial charge in [-0.2, -0.15) is 0 Å². The molecule has 10 heavy (non-hydrogen) atoms. The van der Waals surface area contributed by atoms with Gasteiger partial charge in [0.1, 0.15) is 6.29 Å². The van der Waals surface area contributed by atoms with Gasteiger partial charge in [-0.3, -0.25) is 4.79 Å². The molecule has 0 aliphatic rings. The smallest absolute Gasteiger partial charge is 0.142 e. The number of carbonyl (C=O) groups excluding carboxylic acids is 1. The second-order valence-electron chi connectivity index (χ2n) is 2.58. The van der Waals surface area contributed by atoms with Gasteiger partial charge in [-0.15, -0.1) is 0 Å². The van der Waals surface area contributed by atoms with Crippen molar-refractivity contribution in [1.29, 1.82) is 0 Å². The summed E-state index contributed by atoms with van der Waals surface area (Å²) < 4.78 is 0. The Morgan fingerprint density at radius 3 is 2.60 bits per heavy atom. The molecular formula is C9H14O. The topological polar surface area (TPSA) is 17.1 Å². The van der Waals surface area contributed by atoms with Gasteiger partial charge in [0.2, 0.25) is 0 Å². The predicted octanol–water partition coefficient (Wildman–Crippen LogP) is 2.34. The van der Waals surface area contributed by atoms with Crippen molar-refractivity contribution in [3.8, 4) is 0 Å². The highest BCUT2D eigenvalue weighted by Gasteiger charge is 1.95. The molecule has 0 fully saturated rings. The van der Waals surface area contributed by atoms with E-state index in [0.29, 0.717) is 5.92 Å². The minimum absolute atomic E-state index is 0.510. The first kappa shape index (κ1) is 9.15. The van der Waals surface area contributed by atoms with Crippen LogP contribution in [0, 0.1) is 5.92 Å². The van der Waals surface area contributed by atoms with Crippen LogP contribution in [0.25, 0.3) is 0 Å². The van der Waals surface area contributed by atoms with E-state index in [1.165, 1.54) is 6.08 Å². The highest BCUT2D eigenvalue weighted by atomic mass is 16.1. The van der Waals surface area contributed by atoms with Crippen LogP contribution in [-0.4, -0.2) is 6.29 Å². The Labute approximate surface area is 62.4 Å². The van der Waals surface area contributed by atoms with Gasteiger partial charge in [0.25, 0.3) is 0 Å². The third kappa shape index (κ3) is 4.07. The summed E-state index contributed by atoms with van der Waals surface area (Å²) in [6, 6.07) is 0. The SMILES string of the molecule is C=C(C/C=C\C=O)C(C)C. The van der Waals surface area contributed by atoms with Gasteiger partial charge in [0, 0.05) is 0 Å². The lowest BCUT2D eigenvalue weighted by Gasteiger charge is -2.04. The number of allylic oxidation sites excluding steroid dienone is 3. The van der Waals surface area contributed by atoms with Crippen LogP contribution in [0.5, 0.6) is 0 Å². The molecule has 0 aromatic rings. The van der Waals surface area contributed by atoms with E-state index in [1.54, 1.807) is 0 Å². The fraction of sp³-hybridized carbons (Fsp3) is 0.444. The highest BCUT2D eigenvalue weighted by Crippen LogP contribution is 2.10. The predicted molar refractivity (Wildman–Crippen MR) is 43.8 cm³/mol. The molecule has 0 atom stereocenters. The van der Waals surface area contributed by atoms with Crippen LogP contribution in [0.15, 0.2) is 24.3 Å². The number of aldehydes is 1. The molecule has 0 aromatic carbocycles. The lowest BCUT2D eigenvalue weighted by Crippen LogP contribution is -1.89. The molecule has 1 nitrogen and oxygen atoms in total. The van der Waals surface area contributed by atoms with Gasteiger partial charge in [-0.1, -0.05) is 32.1 Å². The maximum absolute atomic E-state index is 9.84. The first-order valence-electron chi connectivity index (χ1n) is 3.46. The summed E-state index contributed by atoms with van der Waals surface area (Å²) in [6.07, 6.45) is 4.94. The molecule has 1 heteroatoms. The van der Waals surface area contributed by atoms with Crippen LogP contribution in [0.2, 0.25) is 0 Å². The monoisotopic (exact) mass is 138 g/mol. The average molecular weight is 138 g/mol. The maximum Gasteiger partial charge on any atom is 0.142 e. The van der Waals surface area contributed by atoms with E-state index in [-0.39, 0.29) is 0 Å². The third-order valence-corrected chi connectivity index (χ3v) is 1.41. The van der Waals surface area contributed by atoms with Crippen LogP contribution in [0.3, 0.4) is 0 Å². The standard InChI is InChI=1S/C9H14O/c1-8(2)9(3)6-4-5-7-10/h4-5,7-8H,3,6H2,1-2H3/b5-4-. The molecule has 0 N–H and O–H groups in total. The van der Waals surface area contributed by atoms with Crippen molar-refractivity contribution in [2.45, 2.75) is 20.3 Å². The second kappa shape index (κ2) is 4.98. The summed E-state index contributed by atoms with van der Waals surface area (Å²) in [5, 5.41) is 0. The van der Waals surface area contributed by atoms with E-state index >= 15 is 0 Å². The number of carbonyl (C=O) groups is 1. The summed E-state index contributed by atoms with van der Waals surface area (Å²) in [7, 11) is 0. The molecule has 0 rings (SSSR count). The zero-order valence-electron chi connectivity index (χ0n) is 6.63. The van der Waals surface area contributed by atoms with E-state index in [4.69, 9.17) is 0 Å². The fourth-order valence-electron chi connectivity index (χ4n) is 0.511. The van der Waals surface area contributed by atoms with Gasteiger partial charge >= 0.3 is 0 Å². The molecule has 0 spiro atoms. The summed E-state index contributed by atoms with van der Waals surface area (Å²) in [6.45, 7) is 8.05. The molecule has 0 saturated carbocycles. The van der Waals surface area contributed by atoms with Crippen LogP contribution in [0.1, 0.15) is 20.3 Å². The normalized spacial score (nSPS) is 10.7. The average Bonchev–Trinajstić information content (AvgIpc) is 1.88.